The van der Waals surface area contributed by atoms with E-state index in [0.29, 0.717) is 17.9 Å². The number of halogens is 1. The number of hydrogen-bond acceptors (Lipinski definition) is 3. The van der Waals surface area contributed by atoms with Crippen molar-refractivity contribution in [3.8, 4) is 11.5 Å². The molecule has 1 N–H and O–H groups in total. The van der Waals surface area contributed by atoms with E-state index in [1.807, 2.05) is 38.1 Å². The molecule has 0 bridgehead atoms. The summed E-state index contributed by atoms with van der Waals surface area (Å²) >= 11 is 3.46. The van der Waals surface area contributed by atoms with Gasteiger partial charge in [-0.05, 0) is 49.7 Å². The molecule has 2 rings (SSSR count). The maximum atomic E-state index is 10.1. The third kappa shape index (κ3) is 3.39. The van der Waals surface area contributed by atoms with Gasteiger partial charge in [-0.1, -0.05) is 22.0 Å². The lowest BCUT2D eigenvalue weighted by Gasteiger charge is -2.07. The Morgan fingerprint density at radius 3 is 2.80 bits per heavy atom. The molecule has 2 aromatic carbocycles. The predicted molar refractivity (Wildman–Crippen MR) is 85.4 cm³/mol. The third-order valence-electron chi connectivity index (χ3n) is 2.82. The van der Waals surface area contributed by atoms with E-state index in [0.717, 1.165) is 15.7 Å². The van der Waals surface area contributed by atoms with E-state index in [-0.39, 0.29) is 5.75 Å². The zero-order valence-electron chi connectivity index (χ0n) is 11.4. The average Bonchev–Trinajstić information content (AvgIpc) is 2.44. The SMILES string of the molecule is CCOc1cccc(C=Nc2ccc(Br)c(C)c2)c1O. The minimum Gasteiger partial charge on any atom is -0.504 e. The highest BCUT2D eigenvalue weighted by atomic mass is 79.9. The van der Waals surface area contributed by atoms with Crippen molar-refractivity contribution >= 4 is 27.8 Å². The van der Waals surface area contributed by atoms with Crippen molar-refractivity contribution in [1.82, 2.24) is 0 Å². The first kappa shape index (κ1) is 14.6. The van der Waals surface area contributed by atoms with Gasteiger partial charge in [-0.15, -0.1) is 0 Å². The summed E-state index contributed by atoms with van der Waals surface area (Å²) < 4.78 is 6.40. The van der Waals surface area contributed by atoms with Gasteiger partial charge in [0.15, 0.2) is 11.5 Å². The summed E-state index contributed by atoms with van der Waals surface area (Å²) in [5.41, 5.74) is 2.59. The Labute approximate surface area is 127 Å². The molecule has 20 heavy (non-hydrogen) atoms. The standard InChI is InChI=1S/C16H16BrNO2/c1-3-20-15-6-4-5-12(16(15)19)10-18-13-7-8-14(17)11(2)9-13/h4-10,19H,3H2,1-2H3. The Morgan fingerprint density at radius 1 is 1.30 bits per heavy atom. The van der Waals surface area contributed by atoms with Crippen LogP contribution in [0.5, 0.6) is 11.5 Å². The van der Waals surface area contributed by atoms with Crippen molar-refractivity contribution < 1.29 is 9.84 Å². The summed E-state index contributed by atoms with van der Waals surface area (Å²) in [5.74, 6) is 0.593. The topological polar surface area (TPSA) is 41.8 Å². The van der Waals surface area contributed by atoms with Crippen LogP contribution in [0.15, 0.2) is 45.9 Å². The van der Waals surface area contributed by atoms with Crippen LogP contribution in [0, 0.1) is 6.92 Å². The molecule has 0 aliphatic carbocycles. The van der Waals surface area contributed by atoms with E-state index in [4.69, 9.17) is 4.74 Å². The minimum atomic E-state index is 0.118. The van der Waals surface area contributed by atoms with Gasteiger partial charge in [0.05, 0.1) is 12.3 Å². The van der Waals surface area contributed by atoms with Crippen LogP contribution in [0.25, 0.3) is 0 Å². The first-order valence-electron chi connectivity index (χ1n) is 6.37. The second-order valence-electron chi connectivity index (χ2n) is 4.32. The van der Waals surface area contributed by atoms with Crippen molar-refractivity contribution in [3.63, 3.8) is 0 Å². The molecule has 0 saturated carbocycles. The summed E-state index contributed by atoms with van der Waals surface area (Å²) in [6.07, 6.45) is 1.64. The third-order valence-corrected chi connectivity index (χ3v) is 3.71. The van der Waals surface area contributed by atoms with Crippen LogP contribution in [0.1, 0.15) is 18.1 Å². The molecule has 0 unspecified atom stereocenters. The maximum absolute atomic E-state index is 10.1. The number of nitrogens with zero attached hydrogens (tertiary/aromatic N) is 1. The summed E-state index contributed by atoms with van der Waals surface area (Å²) in [6, 6.07) is 11.2. The minimum absolute atomic E-state index is 0.118. The van der Waals surface area contributed by atoms with Crippen LogP contribution >= 0.6 is 15.9 Å². The molecule has 0 radical (unpaired) electrons. The zero-order chi connectivity index (χ0) is 14.5. The number of benzene rings is 2. The average molecular weight is 334 g/mol. The number of aryl methyl sites for hydroxylation is 1. The van der Waals surface area contributed by atoms with E-state index >= 15 is 0 Å². The van der Waals surface area contributed by atoms with Gasteiger partial charge in [0, 0.05) is 16.3 Å². The highest BCUT2D eigenvalue weighted by Crippen LogP contribution is 2.29. The van der Waals surface area contributed by atoms with Crippen molar-refractivity contribution in [2.24, 2.45) is 4.99 Å². The molecule has 0 spiro atoms. The first-order valence-corrected chi connectivity index (χ1v) is 7.16. The maximum Gasteiger partial charge on any atom is 0.166 e. The lowest BCUT2D eigenvalue weighted by Crippen LogP contribution is -1.93. The lowest BCUT2D eigenvalue weighted by molar-refractivity contribution is 0.318. The van der Waals surface area contributed by atoms with Gasteiger partial charge in [0.25, 0.3) is 0 Å². The molecule has 0 aromatic heterocycles. The number of aliphatic imine (C=N–C) groups is 1. The van der Waals surface area contributed by atoms with E-state index in [1.165, 1.54) is 0 Å². The van der Waals surface area contributed by atoms with Crippen molar-refractivity contribution in [2.75, 3.05) is 6.61 Å². The molecule has 0 fully saturated rings. The molecule has 0 heterocycles. The molecule has 104 valence electrons. The van der Waals surface area contributed by atoms with E-state index in [2.05, 4.69) is 20.9 Å². The number of phenolic OH excluding ortho intramolecular Hbond substituents is 1. The number of hydrogen-bond donors (Lipinski definition) is 1. The van der Waals surface area contributed by atoms with Crippen LogP contribution in [-0.4, -0.2) is 17.9 Å². The number of phenols is 1. The number of ether oxygens (including phenoxy) is 1. The Hall–Kier alpha value is -1.81. The van der Waals surface area contributed by atoms with E-state index < -0.39 is 0 Å². The van der Waals surface area contributed by atoms with Gasteiger partial charge in [0.2, 0.25) is 0 Å². The van der Waals surface area contributed by atoms with Gasteiger partial charge in [-0.3, -0.25) is 4.99 Å². The molecule has 2 aromatic rings. The first-order chi connectivity index (χ1) is 9.61. The number of rotatable bonds is 4. The molecule has 4 heteroatoms. The molecule has 0 aliphatic heterocycles. The lowest BCUT2D eigenvalue weighted by atomic mass is 10.2. The fourth-order valence-corrected chi connectivity index (χ4v) is 2.02. The fraction of sp³-hybridized carbons (Fsp3) is 0.188. The Bertz CT molecular complexity index is 638. The smallest absolute Gasteiger partial charge is 0.166 e. The van der Waals surface area contributed by atoms with Gasteiger partial charge >= 0.3 is 0 Å². The van der Waals surface area contributed by atoms with Crippen molar-refractivity contribution in [2.45, 2.75) is 13.8 Å². The second-order valence-corrected chi connectivity index (χ2v) is 5.17. The van der Waals surface area contributed by atoms with Crippen LogP contribution in [0.2, 0.25) is 0 Å². The summed E-state index contributed by atoms with van der Waals surface area (Å²) in [4.78, 5) is 4.38. The summed E-state index contributed by atoms with van der Waals surface area (Å²) in [7, 11) is 0. The fourth-order valence-electron chi connectivity index (χ4n) is 1.77. The predicted octanol–water partition coefficient (Wildman–Crippen LogP) is 4.61. The quantitative estimate of drug-likeness (QED) is 0.830. The van der Waals surface area contributed by atoms with Crippen LogP contribution in [-0.2, 0) is 0 Å². The Balaban J connectivity index is 2.27. The van der Waals surface area contributed by atoms with E-state index in [1.54, 1.807) is 18.3 Å². The molecule has 0 aliphatic rings. The molecular weight excluding hydrogens is 318 g/mol. The molecule has 0 saturated heterocycles. The summed E-state index contributed by atoms with van der Waals surface area (Å²) in [6.45, 7) is 4.40. The van der Waals surface area contributed by atoms with Gasteiger partial charge in [0.1, 0.15) is 0 Å². The van der Waals surface area contributed by atoms with Gasteiger partial charge in [-0.2, -0.15) is 0 Å². The number of aromatic hydroxyl groups is 1. The monoisotopic (exact) mass is 333 g/mol. The number of para-hydroxylation sites is 1. The summed E-state index contributed by atoms with van der Waals surface area (Å²) in [5, 5.41) is 10.1. The van der Waals surface area contributed by atoms with Crippen molar-refractivity contribution in [1.29, 1.82) is 0 Å². The molecule has 0 atom stereocenters. The molecular formula is C16H16BrNO2. The highest BCUT2D eigenvalue weighted by molar-refractivity contribution is 9.10. The van der Waals surface area contributed by atoms with Crippen LogP contribution < -0.4 is 4.74 Å². The van der Waals surface area contributed by atoms with E-state index in [9.17, 15) is 5.11 Å². The second kappa shape index (κ2) is 6.57. The van der Waals surface area contributed by atoms with Crippen LogP contribution in [0.4, 0.5) is 5.69 Å². The normalized spacial score (nSPS) is 10.9. The van der Waals surface area contributed by atoms with Gasteiger partial charge < -0.3 is 9.84 Å². The van der Waals surface area contributed by atoms with Gasteiger partial charge in [-0.25, -0.2) is 0 Å². The zero-order valence-corrected chi connectivity index (χ0v) is 13.0. The highest BCUT2D eigenvalue weighted by Gasteiger charge is 2.05. The molecule has 0 amide bonds. The Morgan fingerprint density at radius 2 is 2.10 bits per heavy atom. The van der Waals surface area contributed by atoms with Crippen molar-refractivity contribution in [3.05, 3.63) is 52.0 Å². The van der Waals surface area contributed by atoms with Crippen LogP contribution in [0.3, 0.4) is 0 Å². The molecule has 3 nitrogen and oxygen atoms in total. The Kier molecular flexibility index (Phi) is 4.79. The largest absolute Gasteiger partial charge is 0.504 e.